The minimum absolute atomic E-state index is 0.0368. The van der Waals surface area contributed by atoms with E-state index in [9.17, 15) is 0 Å². The molecule has 126 valence electrons. The van der Waals surface area contributed by atoms with Gasteiger partial charge >= 0.3 is 0 Å². The Hall–Kier alpha value is -0.0800. The van der Waals surface area contributed by atoms with E-state index < -0.39 is 0 Å². The summed E-state index contributed by atoms with van der Waals surface area (Å²) in [5.41, 5.74) is 0.0368. The van der Waals surface area contributed by atoms with Gasteiger partial charge in [0, 0.05) is 7.11 Å². The highest BCUT2D eigenvalue weighted by molar-refractivity contribution is 4.83. The Morgan fingerprint density at radius 1 is 1.19 bits per heavy atom. The van der Waals surface area contributed by atoms with Crippen molar-refractivity contribution in [2.45, 2.75) is 78.7 Å². The Kier molecular flexibility index (Phi) is 8.26. The van der Waals surface area contributed by atoms with Crippen LogP contribution in [0.3, 0.4) is 0 Å². The lowest BCUT2D eigenvalue weighted by atomic mass is 9.70. The highest BCUT2D eigenvalue weighted by atomic mass is 16.5. The molecule has 3 unspecified atom stereocenters. The Morgan fingerprint density at radius 2 is 1.90 bits per heavy atom. The third kappa shape index (κ3) is 7.15. The summed E-state index contributed by atoms with van der Waals surface area (Å²) >= 11 is 0. The van der Waals surface area contributed by atoms with Crippen LogP contribution in [0.4, 0.5) is 0 Å². The van der Waals surface area contributed by atoms with Crippen LogP contribution in [0.15, 0.2) is 0 Å². The number of methoxy groups -OCH3 is 1. The van der Waals surface area contributed by atoms with Crippen LogP contribution in [-0.4, -0.2) is 25.8 Å². The molecular weight excluding hydrogens is 258 g/mol. The van der Waals surface area contributed by atoms with Gasteiger partial charge < -0.3 is 10.1 Å². The molecule has 1 aliphatic carbocycles. The van der Waals surface area contributed by atoms with E-state index >= 15 is 0 Å². The largest absolute Gasteiger partial charge is 0.379 e. The van der Waals surface area contributed by atoms with Crippen molar-refractivity contribution in [1.82, 2.24) is 5.32 Å². The van der Waals surface area contributed by atoms with E-state index in [-0.39, 0.29) is 5.60 Å². The monoisotopic (exact) mass is 297 g/mol. The van der Waals surface area contributed by atoms with Gasteiger partial charge in [0.25, 0.3) is 0 Å². The van der Waals surface area contributed by atoms with Gasteiger partial charge in [-0.1, -0.05) is 33.6 Å². The standard InChI is InChI=1S/C19H39NO/c1-7-16-8-9-18(14-20-13-15(2)3)17(12-16)10-11-19(4,5)21-6/h15-18,20H,7-14H2,1-6H3. The van der Waals surface area contributed by atoms with Crippen LogP contribution < -0.4 is 5.32 Å². The van der Waals surface area contributed by atoms with Gasteiger partial charge in [0.2, 0.25) is 0 Å². The van der Waals surface area contributed by atoms with E-state index in [1.807, 2.05) is 7.11 Å². The summed E-state index contributed by atoms with van der Waals surface area (Å²) in [6.45, 7) is 13.8. The number of hydrogen-bond donors (Lipinski definition) is 1. The lowest BCUT2D eigenvalue weighted by Crippen LogP contribution is -2.35. The Bertz CT molecular complexity index is 275. The first-order chi connectivity index (χ1) is 9.88. The number of hydrogen-bond acceptors (Lipinski definition) is 2. The highest BCUT2D eigenvalue weighted by Gasteiger charge is 2.31. The maximum atomic E-state index is 5.61. The Balaban J connectivity index is 2.49. The van der Waals surface area contributed by atoms with Crippen LogP contribution in [0.25, 0.3) is 0 Å². The van der Waals surface area contributed by atoms with E-state index in [0.717, 1.165) is 30.2 Å². The lowest BCUT2D eigenvalue weighted by molar-refractivity contribution is 0.00441. The zero-order valence-electron chi connectivity index (χ0n) is 15.4. The lowest BCUT2D eigenvalue weighted by Gasteiger charge is -2.38. The second kappa shape index (κ2) is 9.15. The third-order valence-electron chi connectivity index (χ3n) is 5.45. The molecule has 1 fully saturated rings. The van der Waals surface area contributed by atoms with Gasteiger partial charge in [0.05, 0.1) is 5.60 Å². The molecule has 1 aliphatic rings. The molecular formula is C19H39NO. The summed E-state index contributed by atoms with van der Waals surface area (Å²) in [5, 5.41) is 3.70. The molecule has 0 aromatic heterocycles. The van der Waals surface area contributed by atoms with Crippen molar-refractivity contribution in [3.8, 4) is 0 Å². The summed E-state index contributed by atoms with van der Waals surface area (Å²) in [5.74, 6) is 3.47. The number of ether oxygens (including phenoxy) is 1. The Labute approximate surface area is 133 Å². The van der Waals surface area contributed by atoms with Crippen molar-refractivity contribution in [2.75, 3.05) is 20.2 Å². The summed E-state index contributed by atoms with van der Waals surface area (Å²) in [4.78, 5) is 0. The van der Waals surface area contributed by atoms with E-state index in [0.29, 0.717) is 0 Å². The molecule has 0 bridgehead atoms. The molecule has 21 heavy (non-hydrogen) atoms. The van der Waals surface area contributed by atoms with Crippen molar-refractivity contribution in [3.63, 3.8) is 0 Å². The van der Waals surface area contributed by atoms with E-state index in [2.05, 4.69) is 39.9 Å². The molecule has 2 nitrogen and oxygen atoms in total. The first kappa shape index (κ1) is 19.0. The first-order valence-electron chi connectivity index (χ1n) is 9.13. The summed E-state index contributed by atoms with van der Waals surface area (Å²) in [6, 6.07) is 0. The van der Waals surface area contributed by atoms with Crippen molar-refractivity contribution in [3.05, 3.63) is 0 Å². The third-order valence-corrected chi connectivity index (χ3v) is 5.45. The maximum Gasteiger partial charge on any atom is 0.0622 e. The number of rotatable bonds is 9. The number of nitrogens with one attached hydrogen (secondary N) is 1. The predicted octanol–water partition coefficient (Wildman–Crippen LogP) is 4.88. The van der Waals surface area contributed by atoms with Gasteiger partial charge in [-0.05, 0) is 76.3 Å². The predicted molar refractivity (Wildman–Crippen MR) is 92.6 cm³/mol. The molecule has 0 saturated heterocycles. The van der Waals surface area contributed by atoms with Crippen LogP contribution in [0, 0.1) is 23.7 Å². The fourth-order valence-corrected chi connectivity index (χ4v) is 3.61. The fourth-order valence-electron chi connectivity index (χ4n) is 3.61. The molecule has 0 radical (unpaired) electrons. The highest BCUT2D eigenvalue weighted by Crippen LogP contribution is 2.38. The molecule has 3 atom stereocenters. The van der Waals surface area contributed by atoms with Gasteiger partial charge in [0.15, 0.2) is 0 Å². The van der Waals surface area contributed by atoms with Crippen LogP contribution in [0.5, 0.6) is 0 Å². The normalized spacial score (nSPS) is 27.3. The molecule has 0 heterocycles. The van der Waals surface area contributed by atoms with Crippen LogP contribution in [0.1, 0.15) is 73.1 Å². The molecule has 1 N–H and O–H groups in total. The second-order valence-electron chi connectivity index (χ2n) is 8.16. The van der Waals surface area contributed by atoms with Gasteiger partial charge in [-0.3, -0.25) is 0 Å². The molecule has 0 aromatic rings. The van der Waals surface area contributed by atoms with Crippen molar-refractivity contribution in [1.29, 1.82) is 0 Å². The molecule has 1 rings (SSSR count). The molecule has 1 saturated carbocycles. The topological polar surface area (TPSA) is 21.3 Å². The van der Waals surface area contributed by atoms with Crippen LogP contribution >= 0.6 is 0 Å². The summed E-state index contributed by atoms with van der Waals surface area (Å²) in [7, 11) is 1.84. The van der Waals surface area contributed by atoms with Crippen molar-refractivity contribution < 1.29 is 4.74 Å². The van der Waals surface area contributed by atoms with Gasteiger partial charge in [-0.2, -0.15) is 0 Å². The zero-order valence-corrected chi connectivity index (χ0v) is 15.4. The minimum Gasteiger partial charge on any atom is -0.379 e. The van der Waals surface area contributed by atoms with E-state index in [1.54, 1.807) is 0 Å². The van der Waals surface area contributed by atoms with E-state index in [1.165, 1.54) is 45.1 Å². The Morgan fingerprint density at radius 3 is 2.48 bits per heavy atom. The minimum atomic E-state index is 0.0368. The van der Waals surface area contributed by atoms with Crippen molar-refractivity contribution >= 4 is 0 Å². The van der Waals surface area contributed by atoms with Crippen molar-refractivity contribution in [2.24, 2.45) is 23.7 Å². The summed E-state index contributed by atoms with van der Waals surface area (Å²) < 4.78 is 5.61. The average molecular weight is 298 g/mol. The molecule has 0 aliphatic heterocycles. The van der Waals surface area contributed by atoms with Crippen LogP contribution in [0.2, 0.25) is 0 Å². The fraction of sp³-hybridized carbons (Fsp3) is 1.00. The van der Waals surface area contributed by atoms with Gasteiger partial charge in [-0.25, -0.2) is 0 Å². The van der Waals surface area contributed by atoms with Crippen LogP contribution in [-0.2, 0) is 4.74 Å². The zero-order chi connectivity index (χ0) is 15.9. The molecule has 2 heteroatoms. The van der Waals surface area contributed by atoms with E-state index in [4.69, 9.17) is 4.74 Å². The summed E-state index contributed by atoms with van der Waals surface area (Å²) in [6.07, 6.45) is 8.16. The van der Waals surface area contributed by atoms with Gasteiger partial charge in [0.1, 0.15) is 0 Å². The maximum absolute atomic E-state index is 5.61. The average Bonchev–Trinajstić information content (AvgIpc) is 2.45. The first-order valence-corrected chi connectivity index (χ1v) is 9.13. The van der Waals surface area contributed by atoms with Gasteiger partial charge in [-0.15, -0.1) is 0 Å². The molecule has 0 spiro atoms. The molecule has 0 aromatic carbocycles. The smallest absolute Gasteiger partial charge is 0.0622 e. The SMILES string of the molecule is CCC1CCC(CNCC(C)C)C(CCC(C)(C)OC)C1. The second-order valence-corrected chi connectivity index (χ2v) is 8.16. The quantitative estimate of drug-likeness (QED) is 0.655. The molecule has 0 amide bonds.